The van der Waals surface area contributed by atoms with E-state index in [1.54, 1.807) is 6.07 Å². The molecule has 0 saturated carbocycles. The first-order valence-electron chi connectivity index (χ1n) is 7.13. The third kappa shape index (κ3) is 2.93. The second-order valence-corrected chi connectivity index (χ2v) is 6.59. The molecule has 0 radical (unpaired) electrons. The Morgan fingerprint density at radius 1 is 1.38 bits per heavy atom. The maximum Gasteiger partial charge on any atom is 0.327 e. The summed E-state index contributed by atoms with van der Waals surface area (Å²) in [6, 6.07) is 5.82. The molecule has 1 aliphatic rings. The van der Waals surface area contributed by atoms with Gasteiger partial charge in [0.15, 0.2) is 0 Å². The number of nitrogens with two attached hydrogens (primary N) is 1. The lowest BCUT2D eigenvalue weighted by molar-refractivity contribution is -0.143. The van der Waals surface area contributed by atoms with Crippen molar-refractivity contribution in [3.63, 3.8) is 0 Å². The Labute approximate surface area is 124 Å². The van der Waals surface area contributed by atoms with Gasteiger partial charge < -0.3 is 10.8 Å². The molecule has 21 heavy (non-hydrogen) atoms. The third-order valence-corrected chi connectivity index (χ3v) is 3.84. The van der Waals surface area contributed by atoms with Crippen LogP contribution in [0.2, 0.25) is 0 Å². The van der Waals surface area contributed by atoms with Gasteiger partial charge in [0.2, 0.25) is 5.91 Å². The van der Waals surface area contributed by atoms with E-state index in [1.165, 1.54) is 4.90 Å². The predicted octanol–water partition coefficient (Wildman–Crippen LogP) is 1.79. The first-order valence-corrected chi connectivity index (χ1v) is 7.13. The van der Waals surface area contributed by atoms with Crippen LogP contribution in [0.15, 0.2) is 24.3 Å². The van der Waals surface area contributed by atoms with Crippen molar-refractivity contribution >= 4 is 17.6 Å². The summed E-state index contributed by atoms with van der Waals surface area (Å²) in [7, 11) is 0. The highest BCUT2D eigenvalue weighted by atomic mass is 16.4. The van der Waals surface area contributed by atoms with Crippen LogP contribution in [-0.4, -0.2) is 29.1 Å². The first-order chi connectivity index (χ1) is 9.73. The third-order valence-electron chi connectivity index (χ3n) is 3.84. The van der Waals surface area contributed by atoms with Crippen LogP contribution < -0.4 is 10.6 Å². The van der Waals surface area contributed by atoms with Crippen LogP contribution in [0.25, 0.3) is 0 Å². The molecule has 114 valence electrons. The van der Waals surface area contributed by atoms with Gasteiger partial charge in [-0.3, -0.25) is 9.69 Å². The van der Waals surface area contributed by atoms with Crippen molar-refractivity contribution in [3.05, 3.63) is 29.8 Å². The average molecular weight is 290 g/mol. The molecule has 1 aliphatic heterocycles. The van der Waals surface area contributed by atoms with Crippen LogP contribution >= 0.6 is 0 Å². The van der Waals surface area contributed by atoms with E-state index in [1.807, 2.05) is 39.0 Å². The molecular formula is C16H22N2O3. The van der Waals surface area contributed by atoms with E-state index >= 15 is 0 Å². The summed E-state index contributed by atoms with van der Waals surface area (Å²) in [6.07, 6.45) is 1.21. The van der Waals surface area contributed by atoms with E-state index in [4.69, 9.17) is 5.73 Å². The highest BCUT2D eigenvalue weighted by molar-refractivity contribution is 6.03. The van der Waals surface area contributed by atoms with Crippen molar-refractivity contribution in [2.24, 2.45) is 11.1 Å². The minimum Gasteiger partial charge on any atom is -0.480 e. The number of para-hydroxylation sites is 1. The topological polar surface area (TPSA) is 83.6 Å². The Hall–Kier alpha value is -1.88. The van der Waals surface area contributed by atoms with Crippen molar-refractivity contribution in [2.45, 2.75) is 45.7 Å². The summed E-state index contributed by atoms with van der Waals surface area (Å²) in [5, 5.41) is 9.65. The van der Waals surface area contributed by atoms with E-state index in [0.29, 0.717) is 18.5 Å². The number of carboxylic acid groups (broad SMARTS) is 1. The SMILES string of the molecule is CC(C)(C)[C@@H](C(=O)O)N1C(=O)[C@H](N)CCc2ccccc21. The van der Waals surface area contributed by atoms with Crippen LogP contribution in [-0.2, 0) is 16.0 Å². The van der Waals surface area contributed by atoms with E-state index in [-0.39, 0.29) is 5.91 Å². The number of hydrogen-bond acceptors (Lipinski definition) is 3. The summed E-state index contributed by atoms with van der Waals surface area (Å²) in [6.45, 7) is 5.45. The molecule has 0 aliphatic carbocycles. The Balaban J connectivity index is 2.61. The Kier molecular flexibility index (Phi) is 4.05. The lowest BCUT2D eigenvalue weighted by Crippen LogP contribution is -2.56. The van der Waals surface area contributed by atoms with Gasteiger partial charge in [0.1, 0.15) is 6.04 Å². The van der Waals surface area contributed by atoms with E-state index < -0.39 is 23.5 Å². The number of carbonyl (C=O) groups excluding carboxylic acids is 1. The molecule has 0 saturated heterocycles. The number of nitrogens with zero attached hydrogens (tertiary/aromatic N) is 1. The van der Waals surface area contributed by atoms with Gasteiger partial charge in [0, 0.05) is 5.69 Å². The molecule has 0 unspecified atom stereocenters. The van der Waals surface area contributed by atoms with Gasteiger partial charge in [0.25, 0.3) is 0 Å². The first kappa shape index (κ1) is 15.5. The smallest absolute Gasteiger partial charge is 0.327 e. The maximum atomic E-state index is 12.6. The molecule has 5 nitrogen and oxygen atoms in total. The molecule has 0 spiro atoms. The van der Waals surface area contributed by atoms with E-state index in [2.05, 4.69) is 0 Å². The summed E-state index contributed by atoms with van der Waals surface area (Å²) in [5.41, 5.74) is 6.98. The Bertz CT molecular complexity index is 563. The van der Waals surface area contributed by atoms with Crippen LogP contribution in [0, 0.1) is 5.41 Å². The number of aliphatic carboxylic acids is 1. The summed E-state index contributed by atoms with van der Waals surface area (Å²) in [4.78, 5) is 25.8. The van der Waals surface area contributed by atoms with Crippen molar-refractivity contribution in [2.75, 3.05) is 4.90 Å². The summed E-state index contributed by atoms with van der Waals surface area (Å²) < 4.78 is 0. The largest absolute Gasteiger partial charge is 0.480 e. The number of aryl methyl sites for hydroxylation is 1. The molecule has 0 bridgehead atoms. The zero-order chi connectivity index (χ0) is 15.8. The fourth-order valence-electron chi connectivity index (χ4n) is 2.82. The fourth-order valence-corrected chi connectivity index (χ4v) is 2.82. The maximum absolute atomic E-state index is 12.6. The molecule has 3 N–H and O–H groups in total. The van der Waals surface area contributed by atoms with Gasteiger partial charge in [-0.15, -0.1) is 0 Å². The normalized spacial score (nSPS) is 20.7. The predicted molar refractivity (Wildman–Crippen MR) is 81.1 cm³/mol. The molecule has 1 aromatic rings. The van der Waals surface area contributed by atoms with Gasteiger partial charge in [-0.05, 0) is 29.9 Å². The molecule has 1 heterocycles. The summed E-state index contributed by atoms with van der Waals surface area (Å²) >= 11 is 0. The molecule has 1 aromatic carbocycles. The number of rotatable bonds is 2. The van der Waals surface area contributed by atoms with Gasteiger partial charge in [0.05, 0.1) is 6.04 Å². The van der Waals surface area contributed by atoms with Gasteiger partial charge in [-0.25, -0.2) is 4.79 Å². The van der Waals surface area contributed by atoms with E-state index in [9.17, 15) is 14.7 Å². The van der Waals surface area contributed by atoms with Gasteiger partial charge >= 0.3 is 5.97 Å². The number of carbonyl (C=O) groups is 2. The number of anilines is 1. The summed E-state index contributed by atoms with van der Waals surface area (Å²) in [5.74, 6) is -1.33. The van der Waals surface area contributed by atoms with E-state index in [0.717, 1.165) is 5.56 Å². The zero-order valence-electron chi connectivity index (χ0n) is 12.7. The van der Waals surface area contributed by atoms with Crippen LogP contribution in [0.5, 0.6) is 0 Å². The number of benzene rings is 1. The molecule has 0 aromatic heterocycles. The molecule has 2 rings (SSSR count). The standard InChI is InChI=1S/C16H22N2O3/c1-16(2,3)13(15(20)21)18-12-7-5-4-6-10(12)8-9-11(17)14(18)19/h4-7,11,13H,8-9,17H2,1-3H3,(H,20,21)/t11-,13-/m1/s1. The average Bonchev–Trinajstić information content (AvgIpc) is 2.50. The minimum absolute atomic E-state index is 0.317. The zero-order valence-corrected chi connectivity index (χ0v) is 12.7. The van der Waals surface area contributed by atoms with Crippen LogP contribution in [0.4, 0.5) is 5.69 Å². The van der Waals surface area contributed by atoms with Crippen molar-refractivity contribution in [1.82, 2.24) is 0 Å². The second kappa shape index (κ2) is 5.48. The number of hydrogen-bond donors (Lipinski definition) is 2. The molecule has 1 amide bonds. The van der Waals surface area contributed by atoms with Crippen molar-refractivity contribution in [3.8, 4) is 0 Å². The molecule has 5 heteroatoms. The monoisotopic (exact) mass is 290 g/mol. The molecule has 2 atom stereocenters. The van der Waals surface area contributed by atoms with Gasteiger partial charge in [-0.1, -0.05) is 39.0 Å². The lowest BCUT2D eigenvalue weighted by Gasteiger charge is -2.38. The highest BCUT2D eigenvalue weighted by Crippen LogP contribution is 2.34. The number of amides is 1. The highest BCUT2D eigenvalue weighted by Gasteiger charge is 2.42. The van der Waals surface area contributed by atoms with Crippen molar-refractivity contribution in [1.29, 1.82) is 0 Å². The molecule has 0 fully saturated rings. The van der Waals surface area contributed by atoms with Crippen LogP contribution in [0.1, 0.15) is 32.8 Å². The molecular weight excluding hydrogens is 268 g/mol. The number of fused-ring (bicyclic) bond motifs is 1. The van der Waals surface area contributed by atoms with Crippen molar-refractivity contribution < 1.29 is 14.7 Å². The number of carboxylic acids is 1. The van der Waals surface area contributed by atoms with Gasteiger partial charge in [-0.2, -0.15) is 0 Å². The Morgan fingerprint density at radius 3 is 2.57 bits per heavy atom. The second-order valence-electron chi connectivity index (χ2n) is 6.59. The quantitative estimate of drug-likeness (QED) is 0.870. The van der Waals surface area contributed by atoms with Crippen LogP contribution in [0.3, 0.4) is 0 Å². The lowest BCUT2D eigenvalue weighted by atomic mass is 9.85. The Morgan fingerprint density at radius 2 is 2.00 bits per heavy atom. The fraction of sp³-hybridized carbons (Fsp3) is 0.500. The minimum atomic E-state index is -1.01.